The molecule has 0 saturated carbocycles. The van der Waals surface area contributed by atoms with Gasteiger partial charge in [-0.25, -0.2) is 0 Å². The highest BCUT2D eigenvalue weighted by Crippen LogP contribution is 2.22. The van der Waals surface area contributed by atoms with Crippen molar-refractivity contribution in [3.8, 4) is 0 Å². The number of methoxy groups -OCH3 is 1. The summed E-state index contributed by atoms with van der Waals surface area (Å²) in [5, 5.41) is 8.86. The molecular formula is C10H20O4. The Morgan fingerprint density at radius 1 is 1.36 bits per heavy atom. The Kier molecular flexibility index (Phi) is 6.10. The van der Waals surface area contributed by atoms with Crippen LogP contribution in [-0.2, 0) is 14.2 Å². The maximum atomic E-state index is 8.86. The van der Waals surface area contributed by atoms with Crippen LogP contribution in [0.25, 0.3) is 0 Å². The van der Waals surface area contributed by atoms with E-state index in [1.54, 1.807) is 7.11 Å². The van der Waals surface area contributed by atoms with Gasteiger partial charge < -0.3 is 19.3 Å². The molecule has 4 heteroatoms. The van der Waals surface area contributed by atoms with Crippen molar-refractivity contribution in [3.05, 3.63) is 0 Å². The second-order valence-corrected chi connectivity index (χ2v) is 3.60. The van der Waals surface area contributed by atoms with Gasteiger partial charge in [0.05, 0.1) is 18.8 Å². The predicted octanol–water partition coefficient (Wildman–Crippen LogP) is 0.927. The number of ether oxygens (including phenoxy) is 3. The largest absolute Gasteiger partial charge is 0.394 e. The maximum absolute atomic E-state index is 8.86. The third-order valence-electron chi connectivity index (χ3n) is 2.42. The van der Waals surface area contributed by atoms with Crippen molar-refractivity contribution < 1.29 is 19.3 Å². The van der Waals surface area contributed by atoms with Gasteiger partial charge in [-0.15, -0.1) is 0 Å². The molecule has 1 aliphatic heterocycles. The van der Waals surface area contributed by atoms with Gasteiger partial charge >= 0.3 is 0 Å². The van der Waals surface area contributed by atoms with Crippen molar-refractivity contribution in [3.63, 3.8) is 0 Å². The molecule has 0 radical (unpaired) electrons. The zero-order chi connectivity index (χ0) is 10.2. The van der Waals surface area contributed by atoms with Gasteiger partial charge in [0.15, 0.2) is 0 Å². The lowest BCUT2D eigenvalue weighted by Crippen LogP contribution is -2.14. The SMILES string of the molecule is COCOCCC[C@H]1CC[C@H](CO)O1. The highest BCUT2D eigenvalue weighted by Gasteiger charge is 2.23. The summed E-state index contributed by atoms with van der Waals surface area (Å²) in [6.07, 6.45) is 4.44. The first-order valence-corrected chi connectivity index (χ1v) is 5.19. The Morgan fingerprint density at radius 2 is 2.14 bits per heavy atom. The minimum Gasteiger partial charge on any atom is -0.394 e. The fourth-order valence-corrected chi connectivity index (χ4v) is 1.68. The summed E-state index contributed by atoms with van der Waals surface area (Å²) in [6.45, 7) is 1.24. The first kappa shape index (κ1) is 11.9. The molecule has 0 amide bonds. The average Bonchev–Trinajstić information content (AvgIpc) is 2.65. The van der Waals surface area contributed by atoms with Crippen molar-refractivity contribution in [1.29, 1.82) is 0 Å². The number of rotatable bonds is 7. The molecular weight excluding hydrogens is 184 g/mol. The zero-order valence-corrected chi connectivity index (χ0v) is 8.78. The topological polar surface area (TPSA) is 47.9 Å². The van der Waals surface area contributed by atoms with Crippen molar-refractivity contribution >= 4 is 0 Å². The van der Waals surface area contributed by atoms with E-state index in [1.165, 1.54) is 0 Å². The average molecular weight is 204 g/mol. The van der Waals surface area contributed by atoms with Gasteiger partial charge in [0.25, 0.3) is 0 Å². The normalized spacial score (nSPS) is 27.0. The number of hydrogen-bond acceptors (Lipinski definition) is 4. The van der Waals surface area contributed by atoms with Crippen LogP contribution in [0.1, 0.15) is 25.7 Å². The minimum absolute atomic E-state index is 0.0693. The van der Waals surface area contributed by atoms with Crippen LogP contribution in [0, 0.1) is 0 Å². The Hall–Kier alpha value is -0.160. The summed E-state index contributed by atoms with van der Waals surface area (Å²) in [6, 6.07) is 0. The van der Waals surface area contributed by atoms with E-state index in [2.05, 4.69) is 0 Å². The Morgan fingerprint density at radius 3 is 2.79 bits per heavy atom. The number of hydrogen-bond donors (Lipinski definition) is 1. The van der Waals surface area contributed by atoms with Crippen LogP contribution >= 0.6 is 0 Å². The Labute approximate surface area is 85.2 Å². The lowest BCUT2D eigenvalue weighted by molar-refractivity contribution is -0.0377. The summed E-state index contributed by atoms with van der Waals surface area (Å²) < 4.78 is 15.5. The molecule has 0 aromatic carbocycles. The van der Waals surface area contributed by atoms with Gasteiger partial charge in [-0.3, -0.25) is 0 Å². The van der Waals surface area contributed by atoms with Gasteiger partial charge in [0.1, 0.15) is 6.79 Å². The van der Waals surface area contributed by atoms with Crippen LogP contribution in [0.3, 0.4) is 0 Å². The van der Waals surface area contributed by atoms with Crippen LogP contribution in [0.5, 0.6) is 0 Å². The molecule has 0 spiro atoms. The van der Waals surface area contributed by atoms with Crippen molar-refractivity contribution in [2.75, 3.05) is 27.1 Å². The van der Waals surface area contributed by atoms with Crippen molar-refractivity contribution in [2.24, 2.45) is 0 Å². The fourth-order valence-electron chi connectivity index (χ4n) is 1.68. The molecule has 0 unspecified atom stereocenters. The van der Waals surface area contributed by atoms with E-state index < -0.39 is 0 Å². The van der Waals surface area contributed by atoms with E-state index in [4.69, 9.17) is 19.3 Å². The molecule has 1 aliphatic rings. The van der Waals surface area contributed by atoms with E-state index in [0.717, 1.165) is 32.3 Å². The van der Waals surface area contributed by atoms with Crippen LogP contribution in [0.4, 0.5) is 0 Å². The lowest BCUT2D eigenvalue weighted by atomic mass is 10.1. The second-order valence-electron chi connectivity index (χ2n) is 3.60. The molecule has 0 aromatic rings. The highest BCUT2D eigenvalue weighted by molar-refractivity contribution is 4.72. The van der Waals surface area contributed by atoms with Gasteiger partial charge in [0.2, 0.25) is 0 Å². The molecule has 0 bridgehead atoms. The molecule has 1 fully saturated rings. The molecule has 2 atom stereocenters. The second kappa shape index (κ2) is 7.17. The summed E-state index contributed by atoms with van der Waals surface area (Å²) in [4.78, 5) is 0. The molecule has 1 saturated heterocycles. The van der Waals surface area contributed by atoms with Crippen molar-refractivity contribution in [2.45, 2.75) is 37.9 Å². The lowest BCUT2D eigenvalue weighted by Gasteiger charge is -2.11. The predicted molar refractivity (Wildman–Crippen MR) is 52.0 cm³/mol. The first-order chi connectivity index (χ1) is 6.86. The van der Waals surface area contributed by atoms with Gasteiger partial charge in [-0.1, -0.05) is 0 Å². The number of aliphatic hydroxyl groups is 1. The fraction of sp³-hybridized carbons (Fsp3) is 1.00. The van der Waals surface area contributed by atoms with Crippen LogP contribution in [0.15, 0.2) is 0 Å². The van der Waals surface area contributed by atoms with Gasteiger partial charge in [-0.2, -0.15) is 0 Å². The molecule has 14 heavy (non-hydrogen) atoms. The first-order valence-electron chi connectivity index (χ1n) is 5.19. The maximum Gasteiger partial charge on any atom is 0.146 e. The third-order valence-corrected chi connectivity index (χ3v) is 2.42. The van der Waals surface area contributed by atoms with Crippen molar-refractivity contribution in [1.82, 2.24) is 0 Å². The van der Waals surface area contributed by atoms with E-state index in [-0.39, 0.29) is 12.7 Å². The van der Waals surface area contributed by atoms with E-state index in [9.17, 15) is 0 Å². The van der Waals surface area contributed by atoms with Crippen LogP contribution < -0.4 is 0 Å². The molecule has 4 nitrogen and oxygen atoms in total. The van der Waals surface area contributed by atoms with Gasteiger partial charge in [0, 0.05) is 13.7 Å². The van der Waals surface area contributed by atoms with Crippen LogP contribution in [0.2, 0.25) is 0 Å². The summed E-state index contributed by atoms with van der Waals surface area (Å²) in [5.74, 6) is 0. The van der Waals surface area contributed by atoms with Crippen LogP contribution in [-0.4, -0.2) is 44.4 Å². The standard InChI is InChI=1S/C10H20O4/c1-12-8-13-6-2-3-9-4-5-10(7-11)14-9/h9-11H,2-8H2,1H3/t9-,10+/m0/s1. The highest BCUT2D eigenvalue weighted by atomic mass is 16.7. The quantitative estimate of drug-likeness (QED) is 0.495. The number of aliphatic hydroxyl groups excluding tert-OH is 1. The molecule has 84 valence electrons. The smallest absolute Gasteiger partial charge is 0.146 e. The van der Waals surface area contributed by atoms with E-state index >= 15 is 0 Å². The molecule has 0 aromatic heterocycles. The zero-order valence-electron chi connectivity index (χ0n) is 8.78. The molecule has 1 rings (SSSR count). The summed E-state index contributed by atoms with van der Waals surface area (Å²) >= 11 is 0. The monoisotopic (exact) mass is 204 g/mol. The Balaban J connectivity index is 1.92. The minimum atomic E-state index is 0.0693. The summed E-state index contributed by atoms with van der Waals surface area (Å²) in [7, 11) is 1.62. The van der Waals surface area contributed by atoms with Gasteiger partial charge in [-0.05, 0) is 25.7 Å². The molecule has 1 N–H and O–H groups in total. The molecule has 0 aliphatic carbocycles. The molecule has 1 heterocycles. The van der Waals surface area contributed by atoms with E-state index in [0.29, 0.717) is 12.9 Å². The summed E-state index contributed by atoms with van der Waals surface area (Å²) in [5.41, 5.74) is 0. The Bertz CT molecular complexity index is 140. The van der Waals surface area contributed by atoms with E-state index in [1.807, 2.05) is 0 Å². The third kappa shape index (κ3) is 4.37.